The average molecular weight is 259 g/mol. The van der Waals surface area contributed by atoms with Crippen molar-refractivity contribution in [2.24, 2.45) is 0 Å². The van der Waals surface area contributed by atoms with E-state index in [2.05, 4.69) is 5.32 Å². The highest BCUT2D eigenvalue weighted by atomic mass is 19.2. The molecule has 0 aliphatic rings. The Morgan fingerprint density at radius 2 is 2.00 bits per heavy atom. The van der Waals surface area contributed by atoms with Gasteiger partial charge in [0.05, 0.1) is 13.0 Å². The van der Waals surface area contributed by atoms with Gasteiger partial charge in [-0.2, -0.15) is 0 Å². The van der Waals surface area contributed by atoms with E-state index in [1.54, 1.807) is 0 Å². The van der Waals surface area contributed by atoms with Crippen LogP contribution in [0.4, 0.5) is 8.78 Å². The van der Waals surface area contributed by atoms with Crippen molar-refractivity contribution < 1.29 is 28.6 Å². The molecule has 0 fully saturated rings. The van der Waals surface area contributed by atoms with Gasteiger partial charge >= 0.3 is 5.97 Å². The molecule has 0 heterocycles. The van der Waals surface area contributed by atoms with E-state index in [0.717, 1.165) is 6.07 Å². The lowest BCUT2D eigenvalue weighted by molar-refractivity contribution is -0.146. The number of carbonyl (C=O) groups is 2. The maximum Gasteiger partial charge on any atom is 0.334 e. The molecule has 3 N–H and O–H groups in total. The Morgan fingerprint density at radius 3 is 2.61 bits per heavy atom. The predicted octanol–water partition coefficient (Wildman–Crippen LogP) is 0.0690. The Hall–Kier alpha value is -2.02. The number of carboxylic acids is 1. The highest BCUT2D eigenvalue weighted by Crippen LogP contribution is 2.11. The molecule has 0 spiro atoms. The Kier molecular flexibility index (Phi) is 4.73. The van der Waals surface area contributed by atoms with Crippen molar-refractivity contribution in [3.05, 3.63) is 35.4 Å². The number of rotatable bonds is 5. The number of hydrogen-bond acceptors (Lipinski definition) is 3. The van der Waals surface area contributed by atoms with Crippen LogP contribution in [0.5, 0.6) is 0 Å². The molecule has 0 unspecified atom stereocenters. The summed E-state index contributed by atoms with van der Waals surface area (Å²) in [6, 6.07) is 3.42. The van der Waals surface area contributed by atoms with E-state index >= 15 is 0 Å². The summed E-state index contributed by atoms with van der Waals surface area (Å²) >= 11 is 0. The first kappa shape index (κ1) is 14.0. The number of benzene rings is 1. The lowest BCUT2D eigenvalue weighted by atomic mass is 10.1. The monoisotopic (exact) mass is 259 g/mol. The van der Waals surface area contributed by atoms with Crippen LogP contribution in [-0.2, 0) is 16.0 Å². The van der Waals surface area contributed by atoms with E-state index in [4.69, 9.17) is 10.2 Å². The van der Waals surface area contributed by atoms with Crippen LogP contribution in [0.3, 0.4) is 0 Å². The van der Waals surface area contributed by atoms with Gasteiger partial charge in [0, 0.05) is 5.56 Å². The second-order valence-corrected chi connectivity index (χ2v) is 3.55. The molecule has 7 heteroatoms. The fourth-order valence-electron chi connectivity index (χ4n) is 1.22. The summed E-state index contributed by atoms with van der Waals surface area (Å²) in [6.07, 6.45) is -2.16. The molecule has 0 saturated heterocycles. The number of hydrogen-bond donors (Lipinski definition) is 3. The first-order valence-corrected chi connectivity index (χ1v) is 5.02. The molecule has 5 nitrogen and oxygen atoms in total. The topological polar surface area (TPSA) is 86.6 Å². The van der Waals surface area contributed by atoms with Crippen LogP contribution in [0, 0.1) is 11.6 Å². The van der Waals surface area contributed by atoms with Gasteiger partial charge in [0.15, 0.2) is 17.7 Å². The predicted molar refractivity (Wildman–Crippen MR) is 56.7 cm³/mol. The van der Waals surface area contributed by atoms with Crippen molar-refractivity contribution in [2.75, 3.05) is 6.54 Å². The van der Waals surface area contributed by atoms with Crippen LogP contribution in [0.1, 0.15) is 5.56 Å². The van der Waals surface area contributed by atoms with Crippen LogP contribution < -0.4 is 5.32 Å². The largest absolute Gasteiger partial charge is 0.479 e. The van der Waals surface area contributed by atoms with E-state index in [-0.39, 0.29) is 5.56 Å². The van der Waals surface area contributed by atoms with Crippen LogP contribution in [-0.4, -0.2) is 34.7 Å². The quantitative estimate of drug-likeness (QED) is 0.698. The van der Waals surface area contributed by atoms with Crippen molar-refractivity contribution in [3.8, 4) is 0 Å². The molecule has 0 radical (unpaired) electrons. The zero-order chi connectivity index (χ0) is 13.7. The molecule has 1 amide bonds. The fourth-order valence-corrected chi connectivity index (χ4v) is 1.22. The molecule has 18 heavy (non-hydrogen) atoms. The number of aliphatic carboxylic acids is 1. The number of carbonyl (C=O) groups excluding carboxylic acids is 1. The second-order valence-electron chi connectivity index (χ2n) is 3.55. The van der Waals surface area contributed by atoms with Crippen molar-refractivity contribution in [1.29, 1.82) is 0 Å². The van der Waals surface area contributed by atoms with E-state index in [1.807, 2.05) is 0 Å². The molecule has 98 valence electrons. The zero-order valence-electron chi connectivity index (χ0n) is 9.19. The van der Waals surface area contributed by atoms with E-state index in [1.165, 1.54) is 12.1 Å². The number of nitrogens with one attached hydrogen (secondary N) is 1. The zero-order valence-corrected chi connectivity index (χ0v) is 9.19. The van der Waals surface area contributed by atoms with Crippen molar-refractivity contribution in [2.45, 2.75) is 12.5 Å². The summed E-state index contributed by atoms with van der Waals surface area (Å²) < 4.78 is 26.0. The average Bonchev–Trinajstić information content (AvgIpc) is 2.32. The fraction of sp³-hybridized carbons (Fsp3) is 0.273. The molecular formula is C11H11F2NO4. The van der Waals surface area contributed by atoms with Gasteiger partial charge in [-0.25, -0.2) is 13.6 Å². The molecule has 1 aromatic rings. The Labute approximate surface area is 101 Å². The molecule has 1 aromatic carbocycles. The smallest absolute Gasteiger partial charge is 0.334 e. The lowest BCUT2D eigenvalue weighted by Gasteiger charge is -2.08. The maximum atomic E-state index is 13.2. The van der Waals surface area contributed by atoms with E-state index < -0.39 is 42.6 Å². The van der Waals surface area contributed by atoms with Gasteiger partial charge in [-0.05, 0) is 6.07 Å². The number of halogens is 2. The van der Waals surface area contributed by atoms with Gasteiger partial charge < -0.3 is 15.5 Å². The van der Waals surface area contributed by atoms with Gasteiger partial charge in [0.2, 0.25) is 5.91 Å². The molecule has 1 atom stereocenters. The summed E-state index contributed by atoms with van der Waals surface area (Å²) in [6.45, 7) is -0.495. The third-order valence-electron chi connectivity index (χ3n) is 2.16. The third-order valence-corrected chi connectivity index (χ3v) is 2.16. The van der Waals surface area contributed by atoms with Crippen LogP contribution >= 0.6 is 0 Å². The van der Waals surface area contributed by atoms with Gasteiger partial charge in [-0.3, -0.25) is 4.79 Å². The number of aliphatic hydroxyl groups excluding tert-OH is 1. The van der Waals surface area contributed by atoms with Crippen molar-refractivity contribution in [1.82, 2.24) is 5.32 Å². The van der Waals surface area contributed by atoms with Gasteiger partial charge in [-0.1, -0.05) is 12.1 Å². The van der Waals surface area contributed by atoms with Gasteiger partial charge in [0.25, 0.3) is 0 Å². The standard InChI is InChI=1S/C11H11F2NO4/c12-7-3-1-2-6(10(7)13)4-9(16)14-5-8(15)11(17)18/h1-3,8,15H,4-5H2,(H,14,16)(H,17,18)/t8-/m0/s1. The Bertz CT molecular complexity index is 464. The normalized spacial score (nSPS) is 11.9. The molecule has 0 aliphatic heterocycles. The summed E-state index contributed by atoms with van der Waals surface area (Å²) in [4.78, 5) is 21.6. The minimum atomic E-state index is -1.73. The van der Waals surface area contributed by atoms with Gasteiger partial charge in [0.1, 0.15) is 0 Å². The number of aliphatic hydroxyl groups is 1. The van der Waals surface area contributed by atoms with E-state index in [0.29, 0.717) is 0 Å². The summed E-state index contributed by atoms with van der Waals surface area (Å²) in [5.74, 6) is -4.37. The first-order chi connectivity index (χ1) is 8.41. The second kappa shape index (κ2) is 6.06. The summed E-state index contributed by atoms with van der Waals surface area (Å²) in [7, 11) is 0. The molecule has 0 aliphatic carbocycles. The summed E-state index contributed by atoms with van der Waals surface area (Å²) in [5.41, 5.74) is -0.141. The molecule has 0 saturated carbocycles. The molecular weight excluding hydrogens is 248 g/mol. The van der Waals surface area contributed by atoms with Gasteiger partial charge in [-0.15, -0.1) is 0 Å². The lowest BCUT2D eigenvalue weighted by Crippen LogP contribution is -2.37. The highest BCUT2D eigenvalue weighted by molar-refractivity contribution is 5.80. The minimum absolute atomic E-state index is 0.141. The van der Waals surface area contributed by atoms with E-state index in [9.17, 15) is 18.4 Å². The van der Waals surface area contributed by atoms with Crippen LogP contribution in [0.25, 0.3) is 0 Å². The minimum Gasteiger partial charge on any atom is -0.479 e. The molecule has 0 aromatic heterocycles. The van der Waals surface area contributed by atoms with Crippen LogP contribution in [0.15, 0.2) is 18.2 Å². The molecule has 0 bridgehead atoms. The van der Waals surface area contributed by atoms with Crippen LogP contribution in [0.2, 0.25) is 0 Å². The van der Waals surface area contributed by atoms with Crippen molar-refractivity contribution >= 4 is 11.9 Å². The van der Waals surface area contributed by atoms with Crippen molar-refractivity contribution in [3.63, 3.8) is 0 Å². The number of carboxylic acid groups (broad SMARTS) is 1. The molecule has 1 rings (SSSR count). The highest BCUT2D eigenvalue weighted by Gasteiger charge is 2.16. The Morgan fingerprint density at radius 1 is 1.33 bits per heavy atom. The third kappa shape index (κ3) is 3.77. The SMILES string of the molecule is O=C(Cc1cccc(F)c1F)NC[C@H](O)C(=O)O. The first-order valence-electron chi connectivity index (χ1n) is 5.02. The summed E-state index contributed by atoms with van der Waals surface area (Å²) in [5, 5.41) is 19.3. The Balaban J connectivity index is 2.55. The maximum absolute atomic E-state index is 13.2. The number of amides is 1.